The zero-order chi connectivity index (χ0) is 21.6. The number of ether oxygens (including phenoxy) is 1. The molecular formula is C23H23N5O2S. The minimum absolute atomic E-state index is 0.117. The molecule has 2 aromatic carbocycles. The van der Waals surface area contributed by atoms with E-state index >= 15 is 0 Å². The third kappa shape index (κ3) is 4.89. The Morgan fingerprint density at radius 2 is 1.97 bits per heavy atom. The maximum absolute atomic E-state index is 13.1. The summed E-state index contributed by atoms with van der Waals surface area (Å²) in [6.07, 6.45) is 2.47. The van der Waals surface area contributed by atoms with Crippen LogP contribution in [0.15, 0.2) is 59.8 Å². The van der Waals surface area contributed by atoms with Crippen molar-refractivity contribution in [2.45, 2.75) is 30.3 Å². The lowest BCUT2D eigenvalue weighted by molar-refractivity contribution is -0.116. The number of para-hydroxylation sites is 3. The quantitative estimate of drug-likeness (QED) is 0.471. The Morgan fingerprint density at radius 3 is 2.68 bits per heavy atom. The number of thioether (sulfide) groups is 1. The third-order valence-corrected chi connectivity index (χ3v) is 5.83. The van der Waals surface area contributed by atoms with Crippen molar-refractivity contribution in [3.8, 4) is 17.5 Å². The van der Waals surface area contributed by atoms with Gasteiger partial charge in [-0.1, -0.05) is 42.1 Å². The summed E-state index contributed by atoms with van der Waals surface area (Å²) in [5.74, 6) is 2.03. The summed E-state index contributed by atoms with van der Waals surface area (Å²) in [5.41, 5.74) is 1.63. The number of hydrogen-bond acceptors (Lipinski definition) is 6. The van der Waals surface area contributed by atoms with Crippen molar-refractivity contribution in [1.82, 2.24) is 14.8 Å². The van der Waals surface area contributed by atoms with E-state index in [1.165, 1.54) is 11.8 Å². The van der Waals surface area contributed by atoms with Gasteiger partial charge in [0.25, 0.3) is 0 Å². The highest BCUT2D eigenvalue weighted by Crippen LogP contribution is 2.40. The van der Waals surface area contributed by atoms with Crippen LogP contribution in [0.5, 0.6) is 5.75 Å². The van der Waals surface area contributed by atoms with E-state index in [1.54, 1.807) is 18.1 Å². The molecule has 0 atom stereocenters. The predicted octanol–water partition coefficient (Wildman–Crippen LogP) is 4.19. The number of carbonyl (C=O) groups excluding carboxylic acids is 1. The molecule has 31 heavy (non-hydrogen) atoms. The van der Waals surface area contributed by atoms with Gasteiger partial charge in [-0.15, -0.1) is 5.10 Å². The predicted molar refractivity (Wildman–Crippen MR) is 120 cm³/mol. The highest BCUT2D eigenvalue weighted by molar-refractivity contribution is 7.99. The second-order valence-corrected chi connectivity index (χ2v) is 8.13. The lowest BCUT2D eigenvalue weighted by atomic mass is 10.2. The molecule has 0 radical (unpaired) electrons. The van der Waals surface area contributed by atoms with Gasteiger partial charge in [-0.3, -0.25) is 4.79 Å². The highest BCUT2D eigenvalue weighted by Gasteiger charge is 2.30. The average Bonchev–Trinajstić information content (AvgIpc) is 3.57. The summed E-state index contributed by atoms with van der Waals surface area (Å²) < 4.78 is 7.30. The first-order valence-electron chi connectivity index (χ1n) is 10.2. The molecule has 1 saturated carbocycles. The van der Waals surface area contributed by atoms with Crippen LogP contribution in [-0.2, 0) is 4.79 Å². The fraction of sp³-hybridized carbons (Fsp3) is 0.304. The number of nitriles is 1. The van der Waals surface area contributed by atoms with E-state index in [0.29, 0.717) is 29.1 Å². The maximum atomic E-state index is 13.1. The van der Waals surface area contributed by atoms with Gasteiger partial charge < -0.3 is 9.64 Å². The van der Waals surface area contributed by atoms with Crippen LogP contribution in [-0.4, -0.2) is 40.1 Å². The number of benzene rings is 2. The molecule has 158 valence electrons. The Bertz CT molecular complexity index is 1090. The summed E-state index contributed by atoms with van der Waals surface area (Å²) in [6, 6.07) is 19.4. The number of nitrogens with zero attached hydrogens (tertiary/aromatic N) is 5. The number of anilines is 1. The molecule has 1 aliphatic carbocycles. The van der Waals surface area contributed by atoms with Crippen molar-refractivity contribution in [3.05, 3.63) is 60.4 Å². The van der Waals surface area contributed by atoms with Crippen molar-refractivity contribution >= 4 is 23.4 Å². The number of methoxy groups -OCH3 is 1. The molecular weight excluding hydrogens is 410 g/mol. The Morgan fingerprint density at radius 1 is 1.23 bits per heavy atom. The molecule has 7 nitrogen and oxygen atoms in total. The Balaban J connectivity index is 1.52. The van der Waals surface area contributed by atoms with Gasteiger partial charge in [0, 0.05) is 12.5 Å². The summed E-state index contributed by atoms with van der Waals surface area (Å²) in [6.45, 7) is 0.301. The molecule has 0 N–H and O–H groups in total. The van der Waals surface area contributed by atoms with Crippen LogP contribution in [0.2, 0.25) is 0 Å². The van der Waals surface area contributed by atoms with E-state index in [2.05, 4.69) is 11.2 Å². The molecule has 1 aromatic heterocycles. The Kier molecular flexibility index (Phi) is 6.53. The van der Waals surface area contributed by atoms with Crippen molar-refractivity contribution < 1.29 is 9.53 Å². The molecule has 0 spiro atoms. The van der Waals surface area contributed by atoms with Gasteiger partial charge in [-0.05, 0) is 37.1 Å². The number of rotatable bonds is 9. The molecule has 1 heterocycles. The van der Waals surface area contributed by atoms with Gasteiger partial charge >= 0.3 is 0 Å². The second kappa shape index (κ2) is 9.67. The summed E-state index contributed by atoms with van der Waals surface area (Å²) in [5, 5.41) is 14.3. The van der Waals surface area contributed by atoms with E-state index in [0.717, 1.165) is 24.4 Å². The van der Waals surface area contributed by atoms with Crippen LogP contribution in [0.25, 0.3) is 5.69 Å². The van der Waals surface area contributed by atoms with Gasteiger partial charge in [0.15, 0.2) is 0 Å². The minimum atomic E-state index is -0.117. The standard InChI is InChI=1S/C23H23N5O2S/c1-30-20-11-6-5-10-19(20)27(15-7-14-24)21(29)16-31-23-25-22(17-12-13-17)28(26-23)18-8-3-2-4-9-18/h2-6,8-11,17H,7,12-13,15-16H2,1H3. The lowest BCUT2D eigenvalue weighted by Crippen LogP contribution is -2.33. The van der Waals surface area contributed by atoms with Crippen LogP contribution < -0.4 is 9.64 Å². The first-order chi connectivity index (χ1) is 15.2. The van der Waals surface area contributed by atoms with E-state index in [4.69, 9.17) is 15.0 Å². The summed E-state index contributed by atoms with van der Waals surface area (Å²) in [4.78, 5) is 19.4. The fourth-order valence-corrected chi connectivity index (χ4v) is 4.03. The van der Waals surface area contributed by atoms with Crippen molar-refractivity contribution in [2.24, 2.45) is 0 Å². The summed E-state index contributed by atoms with van der Waals surface area (Å²) >= 11 is 1.32. The van der Waals surface area contributed by atoms with Gasteiger partial charge in [0.05, 0.1) is 36.7 Å². The number of hydrogen-bond donors (Lipinski definition) is 0. The van der Waals surface area contributed by atoms with E-state index < -0.39 is 0 Å². The number of aromatic nitrogens is 3. The summed E-state index contributed by atoms with van der Waals surface area (Å²) in [7, 11) is 1.57. The molecule has 1 aliphatic rings. The largest absolute Gasteiger partial charge is 0.495 e. The van der Waals surface area contributed by atoms with Crippen LogP contribution in [0.1, 0.15) is 31.0 Å². The van der Waals surface area contributed by atoms with E-state index in [9.17, 15) is 4.79 Å². The van der Waals surface area contributed by atoms with Crippen molar-refractivity contribution in [3.63, 3.8) is 0 Å². The van der Waals surface area contributed by atoms with Gasteiger partial charge in [0.1, 0.15) is 11.6 Å². The number of amides is 1. The zero-order valence-corrected chi connectivity index (χ0v) is 18.1. The molecule has 0 unspecified atom stereocenters. The topological polar surface area (TPSA) is 84.0 Å². The van der Waals surface area contributed by atoms with Crippen molar-refractivity contribution in [1.29, 1.82) is 5.26 Å². The zero-order valence-electron chi connectivity index (χ0n) is 17.3. The van der Waals surface area contributed by atoms with Gasteiger partial charge in [-0.25, -0.2) is 9.67 Å². The fourth-order valence-electron chi connectivity index (χ4n) is 3.33. The Labute approximate surface area is 185 Å². The van der Waals surface area contributed by atoms with Crippen LogP contribution in [0.4, 0.5) is 5.69 Å². The monoisotopic (exact) mass is 433 g/mol. The van der Waals surface area contributed by atoms with E-state index in [-0.39, 0.29) is 18.1 Å². The first-order valence-corrected chi connectivity index (χ1v) is 11.2. The number of carbonyl (C=O) groups is 1. The molecule has 1 fully saturated rings. The van der Waals surface area contributed by atoms with Crippen molar-refractivity contribution in [2.75, 3.05) is 24.3 Å². The highest BCUT2D eigenvalue weighted by atomic mass is 32.2. The minimum Gasteiger partial charge on any atom is -0.495 e. The van der Waals surface area contributed by atoms with Crippen LogP contribution in [0, 0.1) is 11.3 Å². The SMILES string of the molecule is COc1ccccc1N(CCC#N)C(=O)CSc1nc(C2CC2)n(-c2ccccc2)n1. The second-order valence-electron chi connectivity index (χ2n) is 7.19. The van der Waals surface area contributed by atoms with E-state index in [1.807, 2.05) is 53.2 Å². The Hall–Kier alpha value is -3.31. The molecule has 0 saturated heterocycles. The molecule has 0 bridgehead atoms. The average molecular weight is 434 g/mol. The van der Waals surface area contributed by atoms with Gasteiger partial charge in [-0.2, -0.15) is 5.26 Å². The molecule has 8 heteroatoms. The molecule has 1 amide bonds. The normalized spacial score (nSPS) is 12.9. The molecule has 3 aromatic rings. The van der Waals surface area contributed by atoms with Crippen LogP contribution in [0.3, 0.4) is 0 Å². The molecule has 0 aliphatic heterocycles. The smallest absolute Gasteiger partial charge is 0.237 e. The first kappa shape index (κ1) is 20.9. The lowest BCUT2D eigenvalue weighted by Gasteiger charge is -2.23. The molecule has 4 rings (SSSR count). The third-order valence-electron chi connectivity index (χ3n) is 5.00. The maximum Gasteiger partial charge on any atom is 0.237 e. The van der Waals surface area contributed by atoms with Gasteiger partial charge in [0.2, 0.25) is 11.1 Å². The van der Waals surface area contributed by atoms with Crippen LogP contribution >= 0.6 is 11.8 Å².